The van der Waals surface area contributed by atoms with Crippen LogP contribution in [0.4, 0.5) is 5.95 Å². The Morgan fingerprint density at radius 3 is 2.40 bits per heavy atom. The number of hydrogen-bond acceptors (Lipinski definition) is 4. The molecule has 6 heteroatoms. The van der Waals surface area contributed by atoms with Gasteiger partial charge in [0.15, 0.2) is 0 Å². The molecule has 0 N–H and O–H groups in total. The first kappa shape index (κ1) is 20.1. The Morgan fingerprint density at radius 2 is 1.73 bits per heavy atom. The summed E-state index contributed by atoms with van der Waals surface area (Å²) in [5, 5.41) is 4.49. The van der Waals surface area contributed by atoms with E-state index >= 15 is 0 Å². The minimum absolute atomic E-state index is 0.00469. The van der Waals surface area contributed by atoms with Gasteiger partial charge in [-0.1, -0.05) is 55.3 Å². The molecule has 0 radical (unpaired) electrons. The third-order valence-corrected chi connectivity index (χ3v) is 5.80. The molecule has 2 heterocycles. The molecule has 30 heavy (non-hydrogen) atoms. The van der Waals surface area contributed by atoms with Crippen molar-refractivity contribution in [3.63, 3.8) is 0 Å². The predicted octanol–water partition coefficient (Wildman–Crippen LogP) is 4.85. The summed E-state index contributed by atoms with van der Waals surface area (Å²) in [4.78, 5) is 19.6. The second kappa shape index (κ2) is 8.69. The van der Waals surface area contributed by atoms with Crippen molar-refractivity contribution in [2.24, 2.45) is 0 Å². The summed E-state index contributed by atoms with van der Waals surface area (Å²) < 4.78 is 7.20. The van der Waals surface area contributed by atoms with Gasteiger partial charge in [0.25, 0.3) is 0 Å². The Kier molecular flexibility index (Phi) is 5.84. The highest BCUT2D eigenvalue weighted by molar-refractivity contribution is 5.92. The van der Waals surface area contributed by atoms with E-state index < -0.39 is 0 Å². The largest absolute Gasteiger partial charge is 0.497 e. The molecule has 0 fully saturated rings. The van der Waals surface area contributed by atoms with E-state index in [-0.39, 0.29) is 18.0 Å². The van der Waals surface area contributed by atoms with Crippen LogP contribution < -0.4 is 9.64 Å². The molecule has 0 saturated heterocycles. The second-order valence-electron chi connectivity index (χ2n) is 7.82. The van der Waals surface area contributed by atoms with Crippen LogP contribution in [0.15, 0.2) is 54.9 Å². The van der Waals surface area contributed by atoms with Crippen molar-refractivity contribution < 1.29 is 9.53 Å². The van der Waals surface area contributed by atoms with Crippen molar-refractivity contribution in [2.45, 2.75) is 51.6 Å². The quantitative estimate of drug-likeness (QED) is 0.589. The fraction of sp³-hybridized carbons (Fsp3) is 0.375. The van der Waals surface area contributed by atoms with Crippen molar-refractivity contribution in [1.29, 1.82) is 0 Å². The number of anilines is 1. The van der Waals surface area contributed by atoms with Gasteiger partial charge in [-0.05, 0) is 43.0 Å². The monoisotopic (exact) mass is 404 g/mol. The molecule has 2 atom stereocenters. The van der Waals surface area contributed by atoms with E-state index in [1.807, 2.05) is 21.7 Å². The topological polar surface area (TPSA) is 60.2 Å². The molecule has 0 saturated carbocycles. The number of carbonyl (C=O) groups is 1. The molecule has 4 rings (SSSR count). The SMILES string of the molecule is CCCCC(=O)N1c2ncnn2[C@@H](c2ccc(OC)cc2)C[C@@H]1c1ccc(C)cc1. The normalized spacial score (nSPS) is 18.2. The van der Waals surface area contributed by atoms with Crippen LogP contribution in [0.1, 0.15) is 61.4 Å². The molecule has 1 amide bonds. The Labute approximate surface area is 177 Å². The number of methoxy groups -OCH3 is 1. The van der Waals surface area contributed by atoms with Gasteiger partial charge in [-0.2, -0.15) is 10.1 Å². The van der Waals surface area contributed by atoms with Crippen LogP contribution in [0, 0.1) is 6.92 Å². The third kappa shape index (κ3) is 3.82. The number of amides is 1. The molecule has 1 aliphatic heterocycles. The van der Waals surface area contributed by atoms with Gasteiger partial charge in [-0.25, -0.2) is 4.68 Å². The zero-order valence-electron chi connectivity index (χ0n) is 17.8. The Bertz CT molecular complexity index is 995. The summed E-state index contributed by atoms with van der Waals surface area (Å²) in [6.45, 7) is 4.18. The molecule has 6 nitrogen and oxygen atoms in total. The van der Waals surface area contributed by atoms with Crippen LogP contribution >= 0.6 is 0 Å². The number of fused-ring (bicyclic) bond motifs is 1. The molecule has 1 aromatic heterocycles. The first-order chi connectivity index (χ1) is 14.6. The molecule has 0 spiro atoms. The van der Waals surface area contributed by atoms with Gasteiger partial charge in [-0.15, -0.1) is 0 Å². The molecule has 0 bridgehead atoms. The summed E-state index contributed by atoms with van der Waals surface area (Å²) >= 11 is 0. The van der Waals surface area contributed by atoms with Gasteiger partial charge in [0, 0.05) is 6.42 Å². The number of ether oxygens (including phenoxy) is 1. The fourth-order valence-electron chi connectivity index (χ4n) is 4.10. The smallest absolute Gasteiger partial charge is 0.231 e. The van der Waals surface area contributed by atoms with Gasteiger partial charge in [0.05, 0.1) is 19.2 Å². The lowest BCUT2D eigenvalue weighted by Gasteiger charge is -2.39. The lowest BCUT2D eigenvalue weighted by atomic mass is 9.91. The van der Waals surface area contributed by atoms with Crippen molar-refractivity contribution in [1.82, 2.24) is 14.8 Å². The lowest BCUT2D eigenvalue weighted by Crippen LogP contribution is -2.42. The van der Waals surface area contributed by atoms with Crippen LogP contribution in [0.3, 0.4) is 0 Å². The number of aromatic nitrogens is 3. The van der Waals surface area contributed by atoms with Gasteiger partial charge in [0.2, 0.25) is 11.9 Å². The molecule has 2 aromatic carbocycles. The first-order valence-electron chi connectivity index (χ1n) is 10.5. The molecular formula is C24H28N4O2. The number of unbranched alkanes of at least 4 members (excludes halogenated alkanes) is 1. The first-order valence-corrected chi connectivity index (χ1v) is 10.5. The van der Waals surface area contributed by atoms with Crippen LogP contribution in [0.5, 0.6) is 5.75 Å². The molecule has 3 aromatic rings. The number of carbonyl (C=O) groups excluding carboxylic acids is 1. The van der Waals surface area contributed by atoms with Gasteiger partial charge in [-0.3, -0.25) is 9.69 Å². The Morgan fingerprint density at radius 1 is 1.07 bits per heavy atom. The van der Waals surface area contributed by atoms with Crippen molar-refractivity contribution in [2.75, 3.05) is 12.0 Å². The average Bonchev–Trinajstić information content (AvgIpc) is 3.26. The number of aryl methyl sites for hydroxylation is 1. The van der Waals surface area contributed by atoms with Gasteiger partial charge < -0.3 is 4.74 Å². The number of benzene rings is 2. The van der Waals surface area contributed by atoms with Crippen molar-refractivity contribution in [3.05, 3.63) is 71.5 Å². The number of hydrogen-bond donors (Lipinski definition) is 0. The van der Waals surface area contributed by atoms with E-state index in [1.54, 1.807) is 13.4 Å². The van der Waals surface area contributed by atoms with E-state index in [0.717, 1.165) is 36.1 Å². The van der Waals surface area contributed by atoms with E-state index in [0.29, 0.717) is 12.4 Å². The van der Waals surface area contributed by atoms with Crippen LogP contribution in [0.2, 0.25) is 0 Å². The average molecular weight is 405 g/mol. The summed E-state index contributed by atoms with van der Waals surface area (Å²) in [6, 6.07) is 16.4. The lowest BCUT2D eigenvalue weighted by molar-refractivity contribution is -0.119. The highest BCUT2D eigenvalue weighted by Crippen LogP contribution is 2.42. The van der Waals surface area contributed by atoms with E-state index in [9.17, 15) is 4.79 Å². The summed E-state index contributed by atoms with van der Waals surface area (Å²) in [6.07, 6.45) is 4.65. The molecule has 1 aliphatic rings. The third-order valence-electron chi connectivity index (χ3n) is 5.80. The van der Waals surface area contributed by atoms with Crippen LogP contribution in [-0.2, 0) is 4.79 Å². The highest BCUT2D eigenvalue weighted by Gasteiger charge is 2.39. The van der Waals surface area contributed by atoms with Crippen molar-refractivity contribution in [3.8, 4) is 5.75 Å². The summed E-state index contributed by atoms with van der Waals surface area (Å²) in [5.41, 5.74) is 3.45. The second-order valence-corrected chi connectivity index (χ2v) is 7.82. The highest BCUT2D eigenvalue weighted by atomic mass is 16.5. The Balaban J connectivity index is 1.77. The molecular weight excluding hydrogens is 376 g/mol. The predicted molar refractivity (Wildman–Crippen MR) is 117 cm³/mol. The molecule has 156 valence electrons. The summed E-state index contributed by atoms with van der Waals surface area (Å²) in [5.74, 6) is 1.54. The maximum Gasteiger partial charge on any atom is 0.231 e. The van der Waals surface area contributed by atoms with Crippen molar-refractivity contribution >= 4 is 11.9 Å². The maximum atomic E-state index is 13.2. The number of rotatable bonds is 6. The van der Waals surface area contributed by atoms with Crippen LogP contribution in [0.25, 0.3) is 0 Å². The van der Waals surface area contributed by atoms with Crippen LogP contribution in [-0.4, -0.2) is 27.8 Å². The van der Waals surface area contributed by atoms with Gasteiger partial charge in [0.1, 0.15) is 12.1 Å². The molecule has 0 unspecified atom stereocenters. The Hall–Kier alpha value is -3.15. The number of nitrogens with zero attached hydrogens (tertiary/aromatic N) is 4. The maximum absolute atomic E-state index is 13.2. The summed E-state index contributed by atoms with van der Waals surface area (Å²) in [7, 11) is 1.67. The zero-order valence-corrected chi connectivity index (χ0v) is 17.8. The fourth-order valence-corrected chi connectivity index (χ4v) is 4.10. The standard InChI is InChI=1S/C24H28N4O2/c1-4-5-6-23(29)27-21(18-9-7-17(2)8-10-18)15-22(28-24(27)25-16-26-28)19-11-13-20(30-3)14-12-19/h7-14,16,21-22H,4-6,15H2,1-3H3/t21-,22-/m1/s1. The minimum Gasteiger partial charge on any atom is -0.497 e. The van der Waals surface area contributed by atoms with Gasteiger partial charge >= 0.3 is 0 Å². The van der Waals surface area contributed by atoms with E-state index in [4.69, 9.17) is 4.74 Å². The van der Waals surface area contributed by atoms with E-state index in [2.05, 4.69) is 60.3 Å². The minimum atomic E-state index is -0.0845. The van der Waals surface area contributed by atoms with E-state index in [1.165, 1.54) is 5.56 Å². The molecule has 0 aliphatic carbocycles. The zero-order chi connectivity index (χ0) is 21.1.